The first-order chi connectivity index (χ1) is 9.29. The van der Waals surface area contributed by atoms with Gasteiger partial charge in [-0.25, -0.2) is 0 Å². The fourth-order valence-corrected chi connectivity index (χ4v) is 2.22. The van der Waals surface area contributed by atoms with Gasteiger partial charge in [0.2, 0.25) is 0 Å². The van der Waals surface area contributed by atoms with Crippen molar-refractivity contribution in [3.8, 4) is 0 Å². The molecule has 0 saturated heterocycles. The van der Waals surface area contributed by atoms with Gasteiger partial charge in [-0.3, -0.25) is 4.79 Å². The van der Waals surface area contributed by atoms with Crippen molar-refractivity contribution in [2.45, 2.75) is 77.6 Å². The van der Waals surface area contributed by atoms with E-state index in [0.717, 1.165) is 12.3 Å². The standard InChI is InChI=1S/C17H30O2/c1-16(18)19-15-11-9-7-5-3-2-4-6-8-10-12-17-13-14-17/h10,12,17H,2-9,11,13-15H2,1H3/b12-10+. The van der Waals surface area contributed by atoms with Crippen LogP contribution in [-0.4, -0.2) is 12.6 Å². The summed E-state index contributed by atoms with van der Waals surface area (Å²) in [5, 5.41) is 0. The van der Waals surface area contributed by atoms with Crippen molar-refractivity contribution in [2.24, 2.45) is 5.92 Å². The van der Waals surface area contributed by atoms with Crippen molar-refractivity contribution in [3.63, 3.8) is 0 Å². The number of hydrogen-bond donors (Lipinski definition) is 0. The van der Waals surface area contributed by atoms with E-state index in [0.29, 0.717) is 6.61 Å². The molecule has 110 valence electrons. The van der Waals surface area contributed by atoms with Gasteiger partial charge in [-0.2, -0.15) is 0 Å². The first-order valence-electron chi connectivity index (χ1n) is 8.09. The lowest BCUT2D eigenvalue weighted by molar-refractivity contribution is -0.141. The Labute approximate surface area is 118 Å². The number of carbonyl (C=O) groups excluding carboxylic acids is 1. The number of rotatable bonds is 12. The lowest BCUT2D eigenvalue weighted by Crippen LogP contribution is -2.00. The normalized spacial score (nSPS) is 15.0. The van der Waals surface area contributed by atoms with E-state index in [1.54, 1.807) is 0 Å². The number of carbonyl (C=O) groups is 1. The number of esters is 1. The van der Waals surface area contributed by atoms with Crippen molar-refractivity contribution < 1.29 is 9.53 Å². The molecule has 0 radical (unpaired) electrons. The third-order valence-electron chi connectivity index (χ3n) is 3.60. The van der Waals surface area contributed by atoms with Gasteiger partial charge < -0.3 is 4.74 Å². The fourth-order valence-electron chi connectivity index (χ4n) is 2.22. The van der Waals surface area contributed by atoms with Crippen LogP contribution in [0.4, 0.5) is 0 Å². The Kier molecular flexibility index (Phi) is 9.48. The minimum Gasteiger partial charge on any atom is -0.466 e. The van der Waals surface area contributed by atoms with Crippen molar-refractivity contribution in [3.05, 3.63) is 12.2 Å². The summed E-state index contributed by atoms with van der Waals surface area (Å²) in [4.78, 5) is 10.5. The second kappa shape index (κ2) is 11.1. The Morgan fingerprint density at radius 3 is 2.16 bits per heavy atom. The monoisotopic (exact) mass is 266 g/mol. The molecule has 1 aliphatic rings. The summed E-state index contributed by atoms with van der Waals surface area (Å²) in [6.45, 7) is 2.07. The van der Waals surface area contributed by atoms with Crippen LogP contribution in [0.1, 0.15) is 77.6 Å². The molecule has 0 heterocycles. The van der Waals surface area contributed by atoms with Crippen LogP contribution in [0.15, 0.2) is 12.2 Å². The first kappa shape index (κ1) is 16.3. The van der Waals surface area contributed by atoms with E-state index in [4.69, 9.17) is 4.74 Å². The summed E-state index contributed by atoms with van der Waals surface area (Å²) in [5.41, 5.74) is 0. The van der Waals surface area contributed by atoms with E-state index in [-0.39, 0.29) is 5.97 Å². The third kappa shape index (κ3) is 12.0. The van der Waals surface area contributed by atoms with Gasteiger partial charge in [0.05, 0.1) is 6.61 Å². The summed E-state index contributed by atoms with van der Waals surface area (Å²) in [6, 6.07) is 0. The van der Waals surface area contributed by atoms with Gasteiger partial charge in [-0.05, 0) is 38.0 Å². The molecular weight excluding hydrogens is 236 g/mol. The SMILES string of the molecule is CC(=O)OCCCCCCCCCC/C=C/C1CC1. The van der Waals surface area contributed by atoms with Crippen LogP contribution >= 0.6 is 0 Å². The van der Waals surface area contributed by atoms with Crippen LogP contribution in [0, 0.1) is 5.92 Å². The molecule has 0 spiro atoms. The van der Waals surface area contributed by atoms with Gasteiger partial charge in [0.25, 0.3) is 0 Å². The summed E-state index contributed by atoms with van der Waals surface area (Å²) >= 11 is 0. The molecule has 2 heteroatoms. The lowest BCUT2D eigenvalue weighted by atomic mass is 10.1. The van der Waals surface area contributed by atoms with Crippen molar-refractivity contribution in [2.75, 3.05) is 6.61 Å². The van der Waals surface area contributed by atoms with Crippen LogP contribution in [0.25, 0.3) is 0 Å². The van der Waals surface area contributed by atoms with Crippen molar-refractivity contribution in [1.29, 1.82) is 0 Å². The molecule has 0 unspecified atom stereocenters. The zero-order valence-corrected chi connectivity index (χ0v) is 12.5. The summed E-state index contributed by atoms with van der Waals surface area (Å²) in [7, 11) is 0. The van der Waals surface area contributed by atoms with E-state index in [9.17, 15) is 4.79 Å². The van der Waals surface area contributed by atoms with Crippen LogP contribution in [0.2, 0.25) is 0 Å². The molecule has 1 fully saturated rings. The van der Waals surface area contributed by atoms with E-state index in [1.165, 1.54) is 71.1 Å². The highest BCUT2D eigenvalue weighted by atomic mass is 16.5. The molecule has 0 atom stereocenters. The van der Waals surface area contributed by atoms with E-state index >= 15 is 0 Å². The molecule has 19 heavy (non-hydrogen) atoms. The smallest absolute Gasteiger partial charge is 0.302 e. The largest absolute Gasteiger partial charge is 0.466 e. The molecule has 1 aliphatic carbocycles. The van der Waals surface area contributed by atoms with Crippen molar-refractivity contribution >= 4 is 5.97 Å². The number of hydrogen-bond acceptors (Lipinski definition) is 2. The molecule has 0 amide bonds. The van der Waals surface area contributed by atoms with Gasteiger partial charge >= 0.3 is 5.97 Å². The van der Waals surface area contributed by atoms with Crippen LogP contribution in [0.3, 0.4) is 0 Å². The minimum absolute atomic E-state index is 0.157. The quantitative estimate of drug-likeness (QED) is 0.281. The highest BCUT2D eigenvalue weighted by Crippen LogP contribution is 2.30. The molecule has 0 aliphatic heterocycles. The van der Waals surface area contributed by atoms with E-state index in [2.05, 4.69) is 12.2 Å². The number of ether oxygens (including phenoxy) is 1. The maximum atomic E-state index is 10.5. The van der Waals surface area contributed by atoms with Gasteiger partial charge in [-0.1, -0.05) is 50.7 Å². The maximum absolute atomic E-state index is 10.5. The predicted octanol–water partition coefficient (Wildman–Crippen LogP) is 5.03. The Morgan fingerprint density at radius 1 is 1.00 bits per heavy atom. The number of unbranched alkanes of at least 4 members (excludes halogenated alkanes) is 8. The molecule has 1 saturated carbocycles. The van der Waals surface area contributed by atoms with Gasteiger partial charge in [0, 0.05) is 6.92 Å². The second-order valence-electron chi connectivity index (χ2n) is 5.72. The van der Waals surface area contributed by atoms with Gasteiger partial charge in [-0.15, -0.1) is 0 Å². The third-order valence-corrected chi connectivity index (χ3v) is 3.60. The lowest BCUT2D eigenvalue weighted by Gasteiger charge is -2.02. The first-order valence-corrected chi connectivity index (χ1v) is 8.09. The Morgan fingerprint density at radius 2 is 1.58 bits per heavy atom. The van der Waals surface area contributed by atoms with Gasteiger partial charge in [0.15, 0.2) is 0 Å². The Bertz CT molecular complexity index is 254. The molecule has 2 nitrogen and oxygen atoms in total. The zero-order chi connectivity index (χ0) is 13.8. The average Bonchev–Trinajstić information content (AvgIpc) is 3.18. The van der Waals surface area contributed by atoms with Gasteiger partial charge in [0.1, 0.15) is 0 Å². The molecule has 0 bridgehead atoms. The van der Waals surface area contributed by atoms with Crippen molar-refractivity contribution in [1.82, 2.24) is 0 Å². The average molecular weight is 266 g/mol. The van der Waals surface area contributed by atoms with Crippen LogP contribution < -0.4 is 0 Å². The summed E-state index contributed by atoms with van der Waals surface area (Å²) in [6.07, 6.45) is 19.2. The van der Waals surface area contributed by atoms with E-state index in [1.807, 2.05) is 0 Å². The zero-order valence-electron chi connectivity index (χ0n) is 12.5. The highest BCUT2D eigenvalue weighted by molar-refractivity contribution is 5.65. The van der Waals surface area contributed by atoms with Crippen LogP contribution in [-0.2, 0) is 9.53 Å². The fraction of sp³-hybridized carbons (Fsp3) is 0.824. The predicted molar refractivity (Wildman–Crippen MR) is 80.1 cm³/mol. The number of allylic oxidation sites excluding steroid dienone is 2. The van der Waals surface area contributed by atoms with Crippen LogP contribution in [0.5, 0.6) is 0 Å². The molecule has 0 N–H and O–H groups in total. The molecule has 1 rings (SSSR count). The Hall–Kier alpha value is -0.790. The molecule has 0 aromatic carbocycles. The Balaban J connectivity index is 1.67. The molecule has 0 aromatic heterocycles. The molecule has 0 aromatic rings. The molecular formula is C17H30O2. The summed E-state index contributed by atoms with van der Waals surface area (Å²) in [5.74, 6) is 0.780. The topological polar surface area (TPSA) is 26.3 Å². The summed E-state index contributed by atoms with van der Waals surface area (Å²) < 4.78 is 4.90. The van der Waals surface area contributed by atoms with E-state index < -0.39 is 0 Å². The minimum atomic E-state index is -0.157. The second-order valence-corrected chi connectivity index (χ2v) is 5.72. The highest BCUT2D eigenvalue weighted by Gasteiger charge is 2.16. The maximum Gasteiger partial charge on any atom is 0.302 e.